The van der Waals surface area contributed by atoms with Crippen molar-refractivity contribution in [2.24, 2.45) is 0 Å². The summed E-state index contributed by atoms with van der Waals surface area (Å²) >= 11 is 3.27. The fraction of sp³-hybridized carbons (Fsp3) is 0.0625. The number of benzene rings is 2. The van der Waals surface area contributed by atoms with E-state index in [0.717, 1.165) is 15.6 Å². The second-order valence-electron chi connectivity index (χ2n) is 4.77. The van der Waals surface area contributed by atoms with Gasteiger partial charge in [-0.1, -0.05) is 34.1 Å². The Balaban J connectivity index is 2.06. The summed E-state index contributed by atoms with van der Waals surface area (Å²) in [4.78, 5) is 4.47. The van der Waals surface area contributed by atoms with E-state index in [0.29, 0.717) is 5.52 Å². The van der Waals surface area contributed by atoms with Crippen LogP contribution in [0.2, 0.25) is 0 Å². The largest absolute Gasteiger partial charge is 0.377 e. The third kappa shape index (κ3) is 2.98. The summed E-state index contributed by atoms with van der Waals surface area (Å²) in [5, 5.41) is 0.828. The number of rotatable bonds is 3. The fourth-order valence-electron chi connectivity index (χ4n) is 2.05. The first kappa shape index (κ1) is 15.0. The van der Waals surface area contributed by atoms with Crippen LogP contribution < -0.4 is 4.18 Å². The molecule has 2 aromatic carbocycles. The molecule has 3 aromatic rings. The van der Waals surface area contributed by atoms with Gasteiger partial charge in [0.2, 0.25) is 0 Å². The third-order valence-corrected chi connectivity index (χ3v) is 4.90. The molecule has 0 fully saturated rings. The maximum Gasteiger partial charge on any atom is 0.339 e. The van der Waals surface area contributed by atoms with Crippen LogP contribution in [0.5, 0.6) is 5.75 Å². The van der Waals surface area contributed by atoms with Crippen LogP contribution in [0.25, 0.3) is 10.9 Å². The second-order valence-corrected chi connectivity index (χ2v) is 7.23. The van der Waals surface area contributed by atoms with Crippen LogP contribution in [0.15, 0.2) is 64.0 Å². The quantitative estimate of drug-likeness (QED) is 0.645. The molecule has 0 spiro atoms. The van der Waals surface area contributed by atoms with Crippen molar-refractivity contribution in [1.29, 1.82) is 0 Å². The number of aryl methyl sites for hydroxylation is 1. The molecule has 0 radical (unpaired) electrons. The highest BCUT2D eigenvalue weighted by molar-refractivity contribution is 9.10. The number of para-hydroxylation sites is 1. The van der Waals surface area contributed by atoms with Crippen LogP contribution in [0.1, 0.15) is 5.69 Å². The Morgan fingerprint density at radius 3 is 2.45 bits per heavy atom. The number of hydrogen-bond donors (Lipinski definition) is 0. The highest BCUT2D eigenvalue weighted by Crippen LogP contribution is 2.27. The number of halogens is 1. The third-order valence-electron chi connectivity index (χ3n) is 3.12. The lowest BCUT2D eigenvalue weighted by molar-refractivity contribution is 0.488. The summed E-state index contributed by atoms with van der Waals surface area (Å²) in [6.45, 7) is 1.85. The van der Waals surface area contributed by atoms with Crippen molar-refractivity contribution < 1.29 is 12.6 Å². The van der Waals surface area contributed by atoms with Gasteiger partial charge in [-0.05, 0) is 43.3 Å². The normalized spacial score (nSPS) is 11.5. The molecule has 6 heteroatoms. The van der Waals surface area contributed by atoms with Crippen LogP contribution >= 0.6 is 15.9 Å². The summed E-state index contributed by atoms with van der Waals surface area (Å²) in [6.07, 6.45) is 0. The van der Waals surface area contributed by atoms with E-state index in [1.54, 1.807) is 24.3 Å². The average molecular weight is 378 g/mol. The molecule has 0 aliphatic carbocycles. The Hall–Kier alpha value is -1.92. The Morgan fingerprint density at radius 1 is 1.00 bits per heavy atom. The van der Waals surface area contributed by atoms with Crippen molar-refractivity contribution in [2.45, 2.75) is 11.8 Å². The molecule has 22 heavy (non-hydrogen) atoms. The zero-order valence-corrected chi connectivity index (χ0v) is 14.1. The zero-order chi connectivity index (χ0) is 15.7. The molecule has 0 atom stereocenters. The van der Waals surface area contributed by atoms with Gasteiger partial charge in [0.25, 0.3) is 0 Å². The number of fused-ring (bicyclic) bond motifs is 1. The smallest absolute Gasteiger partial charge is 0.339 e. The van der Waals surface area contributed by atoms with E-state index in [-0.39, 0.29) is 10.6 Å². The van der Waals surface area contributed by atoms with Crippen molar-refractivity contribution in [3.63, 3.8) is 0 Å². The van der Waals surface area contributed by atoms with Crippen molar-refractivity contribution in [2.75, 3.05) is 0 Å². The molecular formula is C16H12BrNO3S. The van der Waals surface area contributed by atoms with Gasteiger partial charge in [-0.2, -0.15) is 8.42 Å². The summed E-state index contributed by atoms with van der Waals surface area (Å²) in [5.74, 6) is 0.226. The van der Waals surface area contributed by atoms with E-state index < -0.39 is 10.1 Å². The molecule has 0 aliphatic rings. The Kier molecular flexibility index (Phi) is 3.88. The molecule has 1 aromatic heterocycles. The van der Waals surface area contributed by atoms with Gasteiger partial charge in [0, 0.05) is 15.6 Å². The van der Waals surface area contributed by atoms with E-state index in [1.807, 2.05) is 25.1 Å². The SMILES string of the molecule is Cc1ccc2cccc(OS(=O)(=O)c3ccc(Br)cc3)c2n1. The monoisotopic (exact) mass is 377 g/mol. The van der Waals surface area contributed by atoms with Crippen molar-refractivity contribution in [3.8, 4) is 5.75 Å². The van der Waals surface area contributed by atoms with E-state index >= 15 is 0 Å². The highest BCUT2D eigenvalue weighted by Gasteiger charge is 2.18. The van der Waals surface area contributed by atoms with Crippen LogP contribution in [0.3, 0.4) is 0 Å². The van der Waals surface area contributed by atoms with Crippen LogP contribution in [-0.2, 0) is 10.1 Å². The van der Waals surface area contributed by atoms with Crippen LogP contribution in [0, 0.1) is 6.92 Å². The van der Waals surface area contributed by atoms with Gasteiger partial charge in [-0.15, -0.1) is 0 Å². The first-order valence-electron chi connectivity index (χ1n) is 6.52. The molecule has 1 heterocycles. The Labute approximate surface area is 137 Å². The number of aromatic nitrogens is 1. The minimum atomic E-state index is -3.90. The van der Waals surface area contributed by atoms with Gasteiger partial charge in [-0.3, -0.25) is 0 Å². The summed E-state index contributed by atoms with van der Waals surface area (Å²) in [7, 11) is -3.90. The molecule has 0 saturated heterocycles. The lowest BCUT2D eigenvalue weighted by atomic mass is 10.2. The van der Waals surface area contributed by atoms with E-state index in [1.165, 1.54) is 12.1 Å². The lowest BCUT2D eigenvalue weighted by Gasteiger charge is -2.09. The summed E-state index contributed by atoms with van der Waals surface area (Å²) in [5.41, 5.74) is 1.33. The van der Waals surface area contributed by atoms with Gasteiger partial charge < -0.3 is 4.18 Å². The summed E-state index contributed by atoms with van der Waals surface area (Å²) in [6, 6.07) is 15.2. The number of nitrogens with zero attached hydrogens (tertiary/aromatic N) is 1. The highest BCUT2D eigenvalue weighted by atomic mass is 79.9. The molecule has 0 aliphatic heterocycles. The van der Waals surface area contributed by atoms with E-state index in [4.69, 9.17) is 4.18 Å². The van der Waals surface area contributed by atoms with Crippen molar-refractivity contribution >= 4 is 37.0 Å². The Bertz CT molecular complexity index is 937. The predicted molar refractivity (Wildman–Crippen MR) is 88.4 cm³/mol. The molecule has 0 N–H and O–H groups in total. The first-order valence-corrected chi connectivity index (χ1v) is 8.72. The van der Waals surface area contributed by atoms with Crippen molar-refractivity contribution in [1.82, 2.24) is 4.98 Å². The van der Waals surface area contributed by atoms with Gasteiger partial charge in [-0.25, -0.2) is 4.98 Å². The van der Waals surface area contributed by atoms with E-state index in [9.17, 15) is 8.42 Å². The molecule has 0 saturated carbocycles. The maximum atomic E-state index is 12.4. The maximum absolute atomic E-state index is 12.4. The van der Waals surface area contributed by atoms with Crippen molar-refractivity contribution in [3.05, 3.63) is 64.8 Å². The molecular weight excluding hydrogens is 366 g/mol. The topological polar surface area (TPSA) is 56.3 Å². The van der Waals surface area contributed by atoms with Gasteiger partial charge in [0.1, 0.15) is 10.4 Å². The second kappa shape index (κ2) is 5.70. The van der Waals surface area contributed by atoms with Gasteiger partial charge in [0.05, 0.1) is 0 Å². The molecule has 0 amide bonds. The van der Waals surface area contributed by atoms with Gasteiger partial charge >= 0.3 is 10.1 Å². The standard InChI is InChI=1S/C16H12BrNO3S/c1-11-5-6-12-3-2-4-15(16(12)18-11)21-22(19,20)14-9-7-13(17)8-10-14/h2-10H,1H3. The van der Waals surface area contributed by atoms with E-state index in [2.05, 4.69) is 20.9 Å². The fourth-order valence-corrected chi connectivity index (χ4v) is 3.25. The predicted octanol–water partition coefficient (Wildman–Crippen LogP) is 4.07. The molecule has 112 valence electrons. The minimum absolute atomic E-state index is 0.0976. The summed E-state index contributed by atoms with van der Waals surface area (Å²) < 4.78 is 30.8. The van der Waals surface area contributed by atoms with Crippen LogP contribution in [-0.4, -0.2) is 13.4 Å². The van der Waals surface area contributed by atoms with Gasteiger partial charge in [0.15, 0.2) is 5.75 Å². The lowest BCUT2D eigenvalue weighted by Crippen LogP contribution is -2.10. The van der Waals surface area contributed by atoms with Crippen LogP contribution in [0.4, 0.5) is 0 Å². The first-order chi connectivity index (χ1) is 10.5. The molecule has 3 rings (SSSR count). The molecule has 0 unspecified atom stereocenters. The average Bonchev–Trinajstić information content (AvgIpc) is 2.48. The number of hydrogen-bond acceptors (Lipinski definition) is 4. The Morgan fingerprint density at radius 2 is 1.73 bits per heavy atom. The molecule has 4 nitrogen and oxygen atoms in total. The zero-order valence-electron chi connectivity index (χ0n) is 11.7. The molecule has 0 bridgehead atoms. The number of pyridine rings is 1. The minimum Gasteiger partial charge on any atom is -0.377 e.